The molecule has 0 aliphatic rings. The van der Waals surface area contributed by atoms with Crippen molar-refractivity contribution in [3.05, 3.63) is 23.9 Å². The largest absolute Gasteiger partial charge is 0.447 e. The van der Waals surface area contributed by atoms with Crippen molar-refractivity contribution < 1.29 is 17.2 Å². The molecular weight excluding hydrogens is 196 g/mol. The fourth-order valence-corrected chi connectivity index (χ4v) is 0.940. The summed E-state index contributed by atoms with van der Waals surface area (Å²) in [6, 6.07) is 5.64. The van der Waals surface area contributed by atoms with E-state index in [4.69, 9.17) is 9.81 Å². The SMILES string of the molecule is N#Cc1cccc(OS(=O)(=O)O)n1. The van der Waals surface area contributed by atoms with Crippen molar-refractivity contribution >= 4 is 10.4 Å². The summed E-state index contributed by atoms with van der Waals surface area (Å²) in [7, 11) is -4.57. The first-order chi connectivity index (χ1) is 6.01. The van der Waals surface area contributed by atoms with Gasteiger partial charge in [0.25, 0.3) is 0 Å². The number of hydrogen-bond acceptors (Lipinski definition) is 5. The predicted octanol–water partition coefficient (Wildman–Crippen LogP) is 0.135. The van der Waals surface area contributed by atoms with Crippen molar-refractivity contribution in [3.63, 3.8) is 0 Å². The van der Waals surface area contributed by atoms with Gasteiger partial charge in [-0.25, -0.2) is 4.98 Å². The highest BCUT2D eigenvalue weighted by atomic mass is 32.3. The van der Waals surface area contributed by atoms with Crippen LogP contribution in [0.3, 0.4) is 0 Å². The minimum Gasteiger partial charge on any atom is -0.341 e. The van der Waals surface area contributed by atoms with Gasteiger partial charge in [-0.2, -0.15) is 13.7 Å². The summed E-state index contributed by atoms with van der Waals surface area (Å²) in [4.78, 5) is 3.45. The van der Waals surface area contributed by atoms with Gasteiger partial charge in [0.15, 0.2) is 0 Å². The van der Waals surface area contributed by atoms with Gasteiger partial charge < -0.3 is 4.18 Å². The van der Waals surface area contributed by atoms with E-state index in [1.165, 1.54) is 18.2 Å². The summed E-state index contributed by atoms with van der Waals surface area (Å²) in [5.74, 6) is -0.346. The van der Waals surface area contributed by atoms with Crippen LogP contribution in [0.5, 0.6) is 5.88 Å². The zero-order chi connectivity index (χ0) is 9.90. The Hall–Kier alpha value is -1.65. The second-order valence-corrected chi connectivity index (χ2v) is 3.01. The first-order valence-electron chi connectivity index (χ1n) is 3.05. The summed E-state index contributed by atoms with van der Waals surface area (Å²) in [6.45, 7) is 0. The van der Waals surface area contributed by atoms with E-state index in [9.17, 15) is 8.42 Å². The Bertz CT molecular complexity index is 448. The van der Waals surface area contributed by atoms with Crippen molar-refractivity contribution in [1.82, 2.24) is 4.98 Å². The van der Waals surface area contributed by atoms with E-state index in [1.807, 2.05) is 0 Å². The van der Waals surface area contributed by atoms with Gasteiger partial charge in [-0.1, -0.05) is 6.07 Å². The van der Waals surface area contributed by atoms with Gasteiger partial charge in [-0.15, -0.1) is 0 Å². The monoisotopic (exact) mass is 200 g/mol. The maximum absolute atomic E-state index is 10.2. The summed E-state index contributed by atoms with van der Waals surface area (Å²) < 4.78 is 32.7. The van der Waals surface area contributed by atoms with Gasteiger partial charge in [-0.3, -0.25) is 4.55 Å². The van der Waals surface area contributed by atoms with Crippen molar-refractivity contribution in [2.75, 3.05) is 0 Å². The molecule has 0 aliphatic heterocycles. The Morgan fingerprint density at radius 3 is 2.77 bits per heavy atom. The molecule has 0 saturated heterocycles. The standard InChI is InChI=1S/C6H4N2O4S/c7-4-5-2-1-3-6(8-5)12-13(9,10)11/h1-3H,(H,9,10,11). The van der Waals surface area contributed by atoms with Crippen molar-refractivity contribution in [2.24, 2.45) is 0 Å². The molecular formula is C6H4N2O4S. The maximum Gasteiger partial charge on any atom is 0.447 e. The third kappa shape index (κ3) is 3.06. The Labute approximate surface area is 74.4 Å². The molecule has 0 radical (unpaired) electrons. The average molecular weight is 200 g/mol. The molecule has 0 unspecified atom stereocenters. The lowest BCUT2D eigenvalue weighted by molar-refractivity contribution is 0.381. The third-order valence-electron chi connectivity index (χ3n) is 1.03. The van der Waals surface area contributed by atoms with Crippen LogP contribution in [0.2, 0.25) is 0 Å². The topological polar surface area (TPSA) is 100 Å². The molecule has 1 N–H and O–H groups in total. The minimum atomic E-state index is -4.57. The highest BCUT2D eigenvalue weighted by Gasteiger charge is 2.07. The average Bonchev–Trinajstić information content (AvgIpc) is 2.01. The molecule has 1 aromatic rings. The van der Waals surface area contributed by atoms with Crippen LogP contribution in [-0.4, -0.2) is 18.0 Å². The van der Waals surface area contributed by atoms with E-state index in [0.29, 0.717) is 0 Å². The molecule has 0 spiro atoms. The van der Waals surface area contributed by atoms with E-state index in [2.05, 4.69) is 9.17 Å². The Balaban J connectivity index is 2.99. The maximum atomic E-state index is 10.2. The van der Waals surface area contributed by atoms with Gasteiger partial charge in [0.05, 0.1) is 0 Å². The van der Waals surface area contributed by atoms with Crippen molar-refractivity contribution in [2.45, 2.75) is 0 Å². The van der Waals surface area contributed by atoms with Crippen LogP contribution >= 0.6 is 0 Å². The number of hydrogen-bond donors (Lipinski definition) is 1. The molecule has 1 rings (SSSR count). The molecule has 7 heteroatoms. The predicted molar refractivity (Wildman–Crippen MR) is 41.1 cm³/mol. The quantitative estimate of drug-likeness (QED) is 0.681. The fourth-order valence-electron chi connectivity index (χ4n) is 0.631. The van der Waals surface area contributed by atoms with Crippen LogP contribution < -0.4 is 4.18 Å². The molecule has 0 aromatic carbocycles. The van der Waals surface area contributed by atoms with Crippen LogP contribution in [0, 0.1) is 11.3 Å². The first kappa shape index (κ1) is 9.44. The fraction of sp³-hybridized carbons (Fsp3) is 0. The molecule has 6 nitrogen and oxygen atoms in total. The highest BCUT2D eigenvalue weighted by Crippen LogP contribution is 2.08. The second kappa shape index (κ2) is 3.38. The molecule has 68 valence electrons. The van der Waals surface area contributed by atoms with E-state index in [0.717, 1.165) is 0 Å². The lowest BCUT2D eigenvalue weighted by Crippen LogP contribution is -2.07. The number of nitrogens with zero attached hydrogens (tertiary/aromatic N) is 2. The molecule has 0 fully saturated rings. The van der Waals surface area contributed by atoms with E-state index < -0.39 is 10.4 Å². The molecule has 0 saturated carbocycles. The molecule has 13 heavy (non-hydrogen) atoms. The summed E-state index contributed by atoms with van der Waals surface area (Å²) in [5.41, 5.74) is 0.00106. The molecule has 0 amide bonds. The minimum absolute atomic E-state index is 0.00106. The zero-order valence-electron chi connectivity index (χ0n) is 6.21. The number of aromatic nitrogens is 1. The van der Waals surface area contributed by atoms with Crippen LogP contribution in [0.4, 0.5) is 0 Å². The Morgan fingerprint density at radius 2 is 2.23 bits per heavy atom. The molecule has 0 aliphatic carbocycles. The third-order valence-corrected chi connectivity index (χ3v) is 1.41. The normalized spacial score (nSPS) is 10.5. The molecule has 1 aromatic heterocycles. The van der Waals surface area contributed by atoms with Crippen LogP contribution in [0.15, 0.2) is 18.2 Å². The Morgan fingerprint density at radius 1 is 1.54 bits per heavy atom. The molecule has 0 bridgehead atoms. The van der Waals surface area contributed by atoms with E-state index >= 15 is 0 Å². The molecule has 1 heterocycles. The van der Waals surface area contributed by atoms with Gasteiger partial charge in [-0.05, 0) is 6.07 Å². The Kier molecular flexibility index (Phi) is 2.46. The number of pyridine rings is 1. The van der Waals surface area contributed by atoms with Gasteiger partial charge in [0.1, 0.15) is 11.8 Å². The van der Waals surface area contributed by atoms with E-state index in [-0.39, 0.29) is 11.6 Å². The van der Waals surface area contributed by atoms with Gasteiger partial charge in [0, 0.05) is 6.07 Å². The van der Waals surface area contributed by atoms with Crippen LogP contribution in [0.25, 0.3) is 0 Å². The van der Waals surface area contributed by atoms with Crippen molar-refractivity contribution in [3.8, 4) is 11.9 Å². The second-order valence-electron chi connectivity index (χ2n) is 1.98. The molecule has 0 atom stereocenters. The first-order valence-corrected chi connectivity index (χ1v) is 4.42. The van der Waals surface area contributed by atoms with Crippen LogP contribution in [0.1, 0.15) is 5.69 Å². The summed E-state index contributed by atoms with van der Waals surface area (Å²) >= 11 is 0. The number of nitriles is 1. The zero-order valence-corrected chi connectivity index (χ0v) is 7.02. The summed E-state index contributed by atoms with van der Waals surface area (Å²) in [6.07, 6.45) is 0. The smallest absolute Gasteiger partial charge is 0.341 e. The summed E-state index contributed by atoms with van der Waals surface area (Å²) in [5, 5.41) is 8.38. The van der Waals surface area contributed by atoms with Crippen molar-refractivity contribution in [1.29, 1.82) is 5.26 Å². The van der Waals surface area contributed by atoms with Gasteiger partial charge in [0.2, 0.25) is 5.88 Å². The van der Waals surface area contributed by atoms with Gasteiger partial charge >= 0.3 is 10.4 Å². The lowest BCUT2D eigenvalue weighted by Gasteiger charge is -1.98. The van der Waals surface area contributed by atoms with E-state index in [1.54, 1.807) is 6.07 Å². The highest BCUT2D eigenvalue weighted by molar-refractivity contribution is 7.81. The lowest BCUT2D eigenvalue weighted by atomic mass is 10.4. The number of rotatable bonds is 2. The van der Waals surface area contributed by atoms with Crippen LogP contribution in [-0.2, 0) is 10.4 Å².